The molecular formula is C23H24N4O. The van der Waals surface area contributed by atoms with Crippen LogP contribution >= 0.6 is 0 Å². The molecule has 0 aliphatic carbocycles. The molecule has 0 bridgehead atoms. The molecular weight excluding hydrogens is 348 g/mol. The van der Waals surface area contributed by atoms with Crippen LogP contribution in [0.2, 0.25) is 0 Å². The first-order chi connectivity index (χ1) is 13.7. The van der Waals surface area contributed by atoms with E-state index in [1.165, 1.54) is 0 Å². The monoisotopic (exact) mass is 372 g/mol. The first-order valence-electron chi connectivity index (χ1n) is 9.69. The SMILES string of the molecule is NCc1ccc(-c2ccc(C(=O)N3CCC(c4cnccn4)CC3)cc2)cc1. The molecule has 142 valence electrons. The van der Waals surface area contributed by atoms with Crippen LogP contribution in [-0.2, 0) is 6.54 Å². The number of hydrogen-bond donors (Lipinski definition) is 1. The molecule has 4 rings (SSSR count). The van der Waals surface area contributed by atoms with E-state index in [9.17, 15) is 4.79 Å². The van der Waals surface area contributed by atoms with E-state index in [1.807, 2.05) is 47.5 Å². The maximum Gasteiger partial charge on any atom is 0.253 e. The minimum absolute atomic E-state index is 0.0997. The van der Waals surface area contributed by atoms with Gasteiger partial charge >= 0.3 is 0 Å². The van der Waals surface area contributed by atoms with E-state index in [1.54, 1.807) is 12.4 Å². The third kappa shape index (κ3) is 3.94. The molecule has 1 fully saturated rings. The molecule has 1 aliphatic rings. The fourth-order valence-electron chi connectivity index (χ4n) is 3.72. The minimum atomic E-state index is 0.0997. The summed E-state index contributed by atoms with van der Waals surface area (Å²) in [5, 5.41) is 0. The van der Waals surface area contributed by atoms with E-state index in [2.05, 4.69) is 22.1 Å². The molecule has 1 aromatic heterocycles. The van der Waals surface area contributed by atoms with Crippen molar-refractivity contribution in [2.24, 2.45) is 5.73 Å². The summed E-state index contributed by atoms with van der Waals surface area (Å²) in [5.41, 5.74) is 10.8. The molecule has 0 radical (unpaired) electrons. The Morgan fingerprint density at radius 2 is 1.61 bits per heavy atom. The van der Waals surface area contributed by atoms with Crippen LogP contribution in [0.25, 0.3) is 11.1 Å². The van der Waals surface area contributed by atoms with Crippen molar-refractivity contribution in [3.63, 3.8) is 0 Å². The van der Waals surface area contributed by atoms with Crippen LogP contribution in [0, 0.1) is 0 Å². The zero-order valence-corrected chi connectivity index (χ0v) is 15.8. The molecule has 2 aromatic carbocycles. The van der Waals surface area contributed by atoms with Crippen LogP contribution in [0.5, 0.6) is 0 Å². The summed E-state index contributed by atoms with van der Waals surface area (Å²) in [6.45, 7) is 2.05. The number of benzene rings is 2. The van der Waals surface area contributed by atoms with Gasteiger partial charge in [0.15, 0.2) is 0 Å². The van der Waals surface area contributed by atoms with E-state index < -0.39 is 0 Å². The largest absolute Gasteiger partial charge is 0.339 e. The van der Waals surface area contributed by atoms with Crippen LogP contribution in [-0.4, -0.2) is 33.9 Å². The highest BCUT2D eigenvalue weighted by molar-refractivity contribution is 5.94. The maximum absolute atomic E-state index is 12.9. The van der Waals surface area contributed by atoms with Gasteiger partial charge in [0.1, 0.15) is 0 Å². The molecule has 1 aliphatic heterocycles. The molecule has 0 saturated carbocycles. The van der Waals surface area contributed by atoms with Gasteiger partial charge in [-0.3, -0.25) is 14.8 Å². The molecule has 2 N–H and O–H groups in total. The van der Waals surface area contributed by atoms with Crippen molar-refractivity contribution in [1.82, 2.24) is 14.9 Å². The number of hydrogen-bond acceptors (Lipinski definition) is 4. The van der Waals surface area contributed by atoms with Crippen LogP contribution in [0.15, 0.2) is 67.1 Å². The lowest BCUT2D eigenvalue weighted by Gasteiger charge is -2.31. The average molecular weight is 372 g/mol. The summed E-state index contributed by atoms with van der Waals surface area (Å²) in [5.74, 6) is 0.485. The predicted octanol–water partition coefficient (Wildman–Crippen LogP) is 3.62. The normalized spacial score (nSPS) is 14.8. The highest BCUT2D eigenvalue weighted by Crippen LogP contribution is 2.27. The lowest BCUT2D eigenvalue weighted by Crippen LogP contribution is -2.38. The molecule has 2 heterocycles. The van der Waals surface area contributed by atoms with Gasteiger partial charge in [-0.05, 0) is 41.7 Å². The molecule has 1 amide bonds. The molecule has 5 heteroatoms. The van der Waals surface area contributed by atoms with E-state index in [0.29, 0.717) is 12.5 Å². The molecule has 0 unspecified atom stereocenters. The Labute approximate surface area is 165 Å². The number of piperidine rings is 1. The van der Waals surface area contributed by atoms with Gasteiger partial charge in [-0.2, -0.15) is 0 Å². The number of amides is 1. The van der Waals surface area contributed by atoms with Gasteiger partial charge in [0, 0.05) is 49.7 Å². The van der Waals surface area contributed by atoms with E-state index in [-0.39, 0.29) is 5.91 Å². The quantitative estimate of drug-likeness (QED) is 0.759. The van der Waals surface area contributed by atoms with E-state index in [4.69, 9.17) is 5.73 Å². The molecule has 0 spiro atoms. The summed E-state index contributed by atoms with van der Waals surface area (Å²) < 4.78 is 0. The maximum atomic E-state index is 12.9. The second-order valence-electron chi connectivity index (χ2n) is 7.18. The first-order valence-corrected chi connectivity index (χ1v) is 9.69. The summed E-state index contributed by atoms with van der Waals surface area (Å²) in [7, 11) is 0. The third-order valence-electron chi connectivity index (χ3n) is 5.44. The zero-order valence-electron chi connectivity index (χ0n) is 15.8. The molecule has 3 aromatic rings. The lowest BCUT2D eigenvalue weighted by molar-refractivity contribution is 0.0712. The molecule has 1 saturated heterocycles. The highest BCUT2D eigenvalue weighted by atomic mass is 16.2. The standard InChI is InChI=1S/C23H24N4O/c24-15-17-1-3-18(4-2-17)19-5-7-21(8-6-19)23(28)27-13-9-20(10-14-27)22-16-25-11-12-26-22/h1-8,11-12,16,20H,9-10,13-15,24H2. The summed E-state index contributed by atoms with van der Waals surface area (Å²) in [4.78, 5) is 23.4. The fraction of sp³-hybridized carbons (Fsp3) is 0.261. The van der Waals surface area contributed by atoms with E-state index in [0.717, 1.165) is 53.9 Å². The van der Waals surface area contributed by atoms with Crippen molar-refractivity contribution < 1.29 is 4.79 Å². The number of likely N-dealkylation sites (tertiary alicyclic amines) is 1. The van der Waals surface area contributed by atoms with Gasteiger partial charge in [0.05, 0.1) is 5.69 Å². The Morgan fingerprint density at radius 3 is 2.18 bits per heavy atom. The highest BCUT2D eigenvalue weighted by Gasteiger charge is 2.25. The number of rotatable bonds is 4. The van der Waals surface area contributed by atoms with Crippen molar-refractivity contribution in [1.29, 1.82) is 0 Å². The van der Waals surface area contributed by atoms with E-state index >= 15 is 0 Å². The van der Waals surface area contributed by atoms with Crippen LogP contribution in [0.1, 0.15) is 40.4 Å². The molecule has 0 atom stereocenters. The van der Waals surface area contributed by atoms with Crippen molar-refractivity contribution in [3.8, 4) is 11.1 Å². The molecule has 28 heavy (non-hydrogen) atoms. The zero-order chi connectivity index (χ0) is 19.3. The Bertz CT molecular complexity index is 915. The Balaban J connectivity index is 1.40. The minimum Gasteiger partial charge on any atom is -0.339 e. The van der Waals surface area contributed by atoms with Crippen molar-refractivity contribution in [2.45, 2.75) is 25.3 Å². The van der Waals surface area contributed by atoms with Crippen molar-refractivity contribution in [3.05, 3.63) is 83.9 Å². The first kappa shape index (κ1) is 18.3. The Morgan fingerprint density at radius 1 is 0.964 bits per heavy atom. The van der Waals surface area contributed by atoms with Crippen molar-refractivity contribution in [2.75, 3.05) is 13.1 Å². The predicted molar refractivity (Wildman–Crippen MR) is 110 cm³/mol. The topological polar surface area (TPSA) is 72.1 Å². The average Bonchev–Trinajstić information content (AvgIpc) is 2.79. The van der Waals surface area contributed by atoms with Crippen LogP contribution < -0.4 is 5.73 Å². The summed E-state index contributed by atoms with van der Waals surface area (Å²) in [6.07, 6.45) is 7.11. The third-order valence-corrected chi connectivity index (χ3v) is 5.44. The number of aromatic nitrogens is 2. The van der Waals surface area contributed by atoms with Crippen LogP contribution in [0.3, 0.4) is 0 Å². The number of carbonyl (C=O) groups excluding carboxylic acids is 1. The van der Waals surface area contributed by atoms with Crippen molar-refractivity contribution >= 4 is 5.91 Å². The second kappa shape index (κ2) is 8.31. The van der Waals surface area contributed by atoms with Gasteiger partial charge in [0.2, 0.25) is 0 Å². The van der Waals surface area contributed by atoms with Gasteiger partial charge in [-0.1, -0.05) is 36.4 Å². The summed E-state index contributed by atoms with van der Waals surface area (Å²) in [6, 6.07) is 16.1. The Kier molecular flexibility index (Phi) is 5.44. The van der Waals surface area contributed by atoms with Gasteiger partial charge in [-0.15, -0.1) is 0 Å². The smallest absolute Gasteiger partial charge is 0.253 e. The number of nitrogens with zero attached hydrogens (tertiary/aromatic N) is 3. The lowest BCUT2D eigenvalue weighted by atomic mass is 9.93. The second-order valence-corrected chi connectivity index (χ2v) is 7.18. The van der Waals surface area contributed by atoms with Gasteiger partial charge in [0.25, 0.3) is 5.91 Å². The van der Waals surface area contributed by atoms with Gasteiger partial charge in [-0.25, -0.2) is 0 Å². The molecule has 5 nitrogen and oxygen atoms in total. The van der Waals surface area contributed by atoms with Gasteiger partial charge < -0.3 is 10.6 Å². The van der Waals surface area contributed by atoms with Crippen LogP contribution in [0.4, 0.5) is 0 Å². The fourth-order valence-corrected chi connectivity index (χ4v) is 3.72. The summed E-state index contributed by atoms with van der Waals surface area (Å²) >= 11 is 0. The number of carbonyl (C=O) groups is 1. The number of nitrogens with two attached hydrogens (primary N) is 1. The Hall–Kier alpha value is -3.05.